The van der Waals surface area contributed by atoms with Crippen LogP contribution < -0.4 is 0 Å². The number of piperidine rings is 1. The summed E-state index contributed by atoms with van der Waals surface area (Å²) in [6, 6.07) is 8.49. The number of hydrogen-bond donors (Lipinski definition) is 0. The molecule has 0 unspecified atom stereocenters. The summed E-state index contributed by atoms with van der Waals surface area (Å²) in [7, 11) is 0. The van der Waals surface area contributed by atoms with Gasteiger partial charge in [-0.05, 0) is 30.7 Å². The fourth-order valence-electron chi connectivity index (χ4n) is 2.83. The first-order valence-corrected chi connectivity index (χ1v) is 7.30. The summed E-state index contributed by atoms with van der Waals surface area (Å²) >= 11 is 3.52. The third-order valence-corrected chi connectivity index (χ3v) is 4.10. The van der Waals surface area contributed by atoms with Crippen LogP contribution >= 0.6 is 15.9 Å². The van der Waals surface area contributed by atoms with Crippen molar-refractivity contribution in [2.75, 3.05) is 26.3 Å². The summed E-state index contributed by atoms with van der Waals surface area (Å²) in [4.78, 5) is 2.43. The summed E-state index contributed by atoms with van der Waals surface area (Å²) in [5.41, 5.74) is 1.33. The molecule has 2 fully saturated rings. The van der Waals surface area contributed by atoms with Crippen molar-refractivity contribution in [3.05, 3.63) is 34.3 Å². The van der Waals surface area contributed by atoms with Crippen LogP contribution in [0.15, 0.2) is 28.7 Å². The van der Waals surface area contributed by atoms with Crippen LogP contribution in [-0.2, 0) is 16.0 Å². The van der Waals surface area contributed by atoms with E-state index in [0.29, 0.717) is 0 Å². The Morgan fingerprint density at radius 1 is 1.28 bits per heavy atom. The molecule has 0 amide bonds. The van der Waals surface area contributed by atoms with Crippen molar-refractivity contribution < 1.29 is 9.47 Å². The highest BCUT2D eigenvalue weighted by Crippen LogP contribution is 2.30. The Kier molecular flexibility index (Phi) is 3.71. The Hall–Kier alpha value is -0.420. The van der Waals surface area contributed by atoms with Crippen molar-refractivity contribution in [1.82, 2.24) is 4.90 Å². The van der Waals surface area contributed by atoms with E-state index in [-0.39, 0.29) is 5.79 Å². The standard InChI is InChI=1S/C14H18BrNO2/c15-13-4-1-3-12(9-13)10-16-6-2-5-14(11-16)17-7-8-18-14/h1,3-4,9H,2,5-8,10-11H2. The van der Waals surface area contributed by atoms with E-state index in [1.165, 1.54) is 5.56 Å². The van der Waals surface area contributed by atoms with Crippen LogP contribution in [0.4, 0.5) is 0 Å². The second-order valence-electron chi connectivity index (χ2n) is 5.05. The molecule has 3 nitrogen and oxygen atoms in total. The molecule has 4 heteroatoms. The fraction of sp³-hybridized carbons (Fsp3) is 0.571. The first-order valence-electron chi connectivity index (χ1n) is 6.51. The minimum atomic E-state index is -0.315. The average Bonchev–Trinajstić information content (AvgIpc) is 2.77. The van der Waals surface area contributed by atoms with E-state index in [4.69, 9.17) is 9.47 Å². The maximum atomic E-state index is 5.80. The number of nitrogens with zero attached hydrogens (tertiary/aromatic N) is 1. The quantitative estimate of drug-likeness (QED) is 0.838. The van der Waals surface area contributed by atoms with Crippen LogP contribution in [0, 0.1) is 0 Å². The molecule has 2 aliphatic heterocycles. The fourth-order valence-corrected chi connectivity index (χ4v) is 3.28. The smallest absolute Gasteiger partial charge is 0.181 e. The van der Waals surface area contributed by atoms with Gasteiger partial charge < -0.3 is 9.47 Å². The van der Waals surface area contributed by atoms with Gasteiger partial charge in [0.15, 0.2) is 5.79 Å². The molecule has 3 rings (SSSR count). The van der Waals surface area contributed by atoms with Crippen LogP contribution in [0.2, 0.25) is 0 Å². The van der Waals surface area contributed by atoms with E-state index in [1.54, 1.807) is 0 Å². The minimum absolute atomic E-state index is 0.315. The normalized spacial score (nSPS) is 23.6. The van der Waals surface area contributed by atoms with Crippen molar-refractivity contribution in [2.24, 2.45) is 0 Å². The summed E-state index contributed by atoms with van der Waals surface area (Å²) in [5.74, 6) is -0.315. The van der Waals surface area contributed by atoms with Crippen molar-refractivity contribution >= 4 is 15.9 Å². The number of likely N-dealkylation sites (tertiary alicyclic amines) is 1. The second-order valence-corrected chi connectivity index (χ2v) is 5.97. The highest BCUT2D eigenvalue weighted by atomic mass is 79.9. The van der Waals surface area contributed by atoms with Gasteiger partial charge in [-0.25, -0.2) is 0 Å². The lowest BCUT2D eigenvalue weighted by Crippen LogP contribution is -2.48. The lowest BCUT2D eigenvalue weighted by Gasteiger charge is -2.38. The SMILES string of the molecule is Brc1cccc(CN2CCCC3(C2)OCCO3)c1. The molecule has 2 heterocycles. The summed E-state index contributed by atoms with van der Waals surface area (Å²) in [6.45, 7) is 4.46. The zero-order valence-electron chi connectivity index (χ0n) is 10.4. The molecule has 0 aromatic heterocycles. The highest BCUT2D eigenvalue weighted by Gasteiger charge is 2.40. The largest absolute Gasteiger partial charge is 0.346 e. The Labute approximate surface area is 116 Å². The van der Waals surface area contributed by atoms with Gasteiger partial charge in [-0.1, -0.05) is 28.1 Å². The average molecular weight is 312 g/mol. The molecule has 2 aliphatic rings. The predicted octanol–water partition coefficient (Wildman–Crippen LogP) is 2.79. The molecule has 98 valence electrons. The Balaban J connectivity index is 1.66. The molecule has 0 radical (unpaired) electrons. The zero-order chi connectivity index (χ0) is 12.4. The molecule has 1 aromatic carbocycles. The minimum Gasteiger partial charge on any atom is -0.346 e. The van der Waals surface area contributed by atoms with Crippen molar-refractivity contribution in [1.29, 1.82) is 0 Å². The van der Waals surface area contributed by atoms with Gasteiger partial charge in [0, 0.05) is 17.4 Å². The summed E-state index contributed by atoms with van der Waals surface area (Å²) in [6.07, 6.45) is 2.18. The van der Waals surface area contributed by atoms with Crippen molar-refractivity contribution in [3.63, 3.8) is 0 Å². The third-order valence-electron chi connectivity index (χ3n) is 3.61. The van der Waals surface area contributed by atoms with E-state index < -0.39 is 0 Å². The van der Waals surface area contributed by atoms with Gasteiger partial charge in [-0.3, -0.25) is 4.90 Å². The lowest BCUT2D eigenvalue weighted by atomic mass is 10.0. The van der Waals surface area contributed by atoms with E-state index in [9.17, 15) is 0 Å². The predicted molar refractivity (Wildman–Crippen MR) is 73.3 cm³/mol. The second kappa shape index (κ2) is 5.29. The molecular formula is C14H18BrNO2. The van der Waals surface area contributed by atoms with Gasteiger partial charge >= 0.3 is 0 Å². The van der Waals surface area contributed by atoms with E-state index in [0.717, 1.165) is 50.2 Å². The number of rotatable bonds is 2. The van der Waals surface area contributed by atoms with Gasteiger partial charge in [0.2, 0.25) is 0 Å². The van der Waals surface area contributed by atoms with Gasteiger partial charge in [0.1, 0.15) is 0 Å². The van der Waals surface area contributed by atoms with Gasteiger partial charge in [-0.15, -0.1) is 0 Å². The van der Waals surface area contributed by atoms with E-state index in [2.05, 4.69) is 45.1 Å². The summed E-state index contributed by atoms with van der Waals surface area (Å²) in [5, 5.41) is 0. The van der Waals surface area contributed by atoms with Crippen LogP contribution in [0.5, 0.6) is 0 Å². The van der Waals surface area contributed by atoms with Crippen molar-refractivity contribution in [2.45, 2.75) is 25.2 Å². The van der Waals surface area contributed by atoms with Gasteiger partial charge in [0.05, 0.1) is 19.8 Å². The van der Waals surface area contributed by atoms with Gasteiger partial charge in [-0.2, -0.15) is 0 Å². The molecule has 0 bridgehead atoms. The Morgan fingerprint density at radius 3 is 2.89 bits per heavy atom. The number of ether oxygens (including phenoxy) is 2. The third kappa shape index (κ3) is 2.77. The van der Waals surface area contributed by atoms with Crippen LogP contribution in [0.1, 0.15) is 18.4 Å². The van der Waals surface area contributed by atoms with E-state index >= 15 is 0 Å². The van der Waals surface area contributed by atoms with Crippen LogP contribution in [0.25, 0.3) is 0 Å². The highest BCUT2D eigenvalue weighted by molar-refractivity contribution is 9.10. The maximum Gasteiger partial charge on any atom is 0.181 e. The number of halogens is 1. The Bertz CT molecular complexity index is 418. The molecule has 0 saturated carbocycles. The number of benzene rings is 1. The van der Waals surface area contributed by atoms with Crippen LogP contribution in [0.3, 0.4) is 0 Å². The lowest BCUT2D eigenvalue weighted by molar-refractivity contribution is -0.190. The first-order chi connectivity index (χ1) is 8.76. The molecule has 18 heavy (non-hydrogen) atoms. The first kappa shape index (κ1) is 12.6. The Morgan fingerprint density at radius 2 is 2.11 bits per heavy atom. The maximum absolute atomic E-state index is 5.80. The molecule has 1 spiro atoms. The molecule has 0 atom stereocenters. The number of hydrogen-bond acceptors (Lipinski definition) is 3. The molecule has 2 saturated heterocycles. The molecular weight excluding hydrogens is 294 g/mol. The molecule has 0 N–H and O–H groups in total. The van der Waals surface area contributed by atoms with Gasteiger partial charge in [0.25, 0.3) is 0 Å². The van der Waals surface area contributed by atoms with E-state index in [1.807, 2.05) is 0 Å². The van der Waals surface area contributed by atoms with Crippen LogP contribution in [-0.4, -0.2) is 37.0 Å². The molecule has 1 aromatic rings. The molecule has 0 aliphatic carbocycles. The monoisotopic (exact) mass is 311 g/mol. The van der Waals surface area contributed by atoms with Crippen molar-refractivity contribution in [3.8, 4) is 0 Å². The topological polar surface area (TPSA) is 21.7 Å². The zero-order valence-corrected chi connectivity index (χ0v) is 12.0. The summed E-state index contributed by atoms with van der Waals surface area (Å²) < 4.78 is 12.7.